The fourth-order valence-electron chi connectivity index (χ4n) is 5.32. The topological polar surface area (TPSA) is 147 Å². The second-order valence-corrected chi connectivity index (χ2v) is 16.2. The first-order valence-electron chi connectivity index (χ1n) is 15.0. The molecule has 2 fully saturated rings. The molecule has 0 saturated heterocycles. The van der Waals surface area contributed by atoms with Gasteiger partial charge in [0.25, 0.3) is 9.05 Å². The molecule has 49 heavy (non-hydrogen) atoms. The van der Waals surface area contributed by atoms with E-state index in [0.717, 1.165) is 62.1 Å². The van der Waals surface area contributed by atoms with Crippen LogP contribution < -0.4 is 5.73 Å². The van der Waals surface area contributed by atoms with Gasteiger partial charge < -0.3 is 15.2 Å². The molecular weight excluding hydrogens is 728 g/mol. The van der Waals surface area contributed by atoms with E-state index < -0.39 is 42.4 Å². The van der Waals surface area contributed by atoms with Gasteiger partial charge in [-0.05, 0) is 106 Å². The first-order chi connectivity index (χ1) is 22.6. The third kappa shape index (κ3) is 13.7. The molecule has 4 rings (SSSR count). The highest BCUT2D eigenvalue weighted by molar-refractivity contribution is 8.13. The minimum atomic E-state index is -4.49. The number of esters is 2. The number of rotatable bonds is 6. The smallest absolute Gasteiger partial charge is 0.416 e. The Bertz CT molecular complexity index is 1580. The Morgan fingerprint density at radius 1 is 0.673 bits per heavy atom. The fraction of sp³-hybridized carbons (Fsp3) is 0.548. The summed E-state index contributed by atoms with van der Waals surface area (Å²) in [6.45, 7) is 0. The van der Waals surface area contributed by atoms with Crippen LogP contribution in [0.3, 0.4) is 0 Å². The third-order valence-electron chi connectivity index (χ3n) is 8.15. The SMILES string of the molecule is COC(=O)C1CCC(CS(=O)(=O)c2ccc(C(F)(F)F)cc2)CC1.COC(=O)C1CCC(N)CC1.O=S(=O)(Cl)c1ccc(C(F)(F)F)cc1. The number of hydrogen-bond acceptors (Lipinski definition) is 9. The Morgan fingerprint density at radius 2 is 1.02 bits per heavy atom. The van der Waals surface area contributed by atoms with Crippen LogP contribution in [-0.4, -0.2) is 54.8 Å². The lowest BCUT2D eigenvalue weighted by Crippen LogP contribution is -2.30. The first kappa shape index (κ1) is 42.3. The molecule has 2 aromatic carbocycles. The molecule has 0 heterocycles. The van der Waals surface area contributed by atoms with E-state index in [-0.39, 0.29) is 45.2 Å². The second-order valence-electron chi connectivity index (χ2n) is 11.6. The molecule has 18 heteroatoms. The number of halogens is 7. The van der Waals surface area contributed by atoms with Crippen LogP contribution in [0, 0.1) is 17.8 Å². The van der Waals surface area contributed by atoms with Gasteiger partial charge in [0.2, 0.25) is 0 Å². The van der Waals surface area contributed by atoms with Gasteiger partial charge in [0.15, 0.2) is 9.84 Å². The number of carbonyl (C=O) groups excluding carboxylic acids is 2. The lowest BCUT2D eigenvalue weighted by Gasteiger charge is -2.26. The van der Waals surface area contributed by atoms with Crippen molar-refractivity contribution in [2.24, 2.45) is 23.5 Å². The number of alkyl halides is 6. The number of ether oxygens (including phenoxy) is 2. The van der Waals surface area contributed by atoms with Gasteiger partial charge in [-0.2, -0.15) is 26.3 Å². The molecule has 2 aliphatic carbocycles. The van der Waals surface area contributed by atoms with Gasteiger partial charge >= 0.3 is 24.3 Å². The van der Waals surface area contributed by atoms with Crippen LogP contribution in [-0.2, 0) is 50.3 Å². The summed E-state index contributed by atoms with van der Waals surface area (Å²) in [6, 6.07) is 6.80. The molecule has 9 nitrogen and oxygen atoms in total. The number of sulfone groups is 1. The average Bonchev–Trinajstić information content (AvgIpc) is 3.04. The zero-order valence-corrected chi connectivity index (χ0v) is 29.0. The summed E-state index contributed by atoms with van der Waals surface area (Å²) in [5, 5.41) is 0. The van der Waals surface area contributed by atoms with Gasteiger partial charge in [-0.3, -0.25) is 9.59 Å². The van der Waals surface area contributed by atoms with Crippen LogP contribution in [0.1, 0.15) is 62.5 Å². The number of carbonyl (C=O) groups is 2. The van der Waals surface area contributed by atoms with Crippen molar-refractivity contribution in [3.05, 3.63) is 59.7 Å². The van der Waals surface area contributed by atoms with Crippen molar-refractivity contribution in [1.82, 2.24) is 0 Å². The highest BCUT2D eigenvalue weighted by Crippen LogP contribution is 2.34. The van der Waals surface area contributed by atoms with Gasteiger partial charge in [0.1, 0.15) is 0 Å². The molecule has 0 aliphatic heterocycles. The molecule has 0 amide bonds. The van der Waals surface area contributed by atoms with Crippen molar-refractivity contribution in [3.63, 3.8) is 0 Å². The van der Waals surface area contributed by atoms with E-state index in [0.29, 0.717) is 43.9 Å². The summed E-state index contributed by atoms with van der Waals surface area (Å²) in [5.41, 5.74) is 3.90. The van der Waals surface area contributed by atoms with E-state index in [9.17, 15) is 52.8 Å². The van der Waals surface area contributed by atoms with E-state index in [4.69, 9.17) is 16.4 Å². The lowest BCUT2D eigenvalue weighted by molar-refractivity contribution is -0.147. The Labute approximate surface area is 285 Å². The predicted molar refractivity (Wildman–Crippen MR) is 167 cm³/mol. The Balaban J connectivity index is 0.000000282. The highest BCUT2D eigenvalue weighted by atomic mass is 35.7. The second kappa shape index (κ2) is 17.9. The molecule has 0 spiro atoms. The maximum Gasteiger partial charge on any atom is 0.416 e. The largest absolute Gasteiger partial charge is 0.469 e. The average molecular weight is 766 g/mol. The summed E-state index contributed by atoms with van der Waals surface area (Å²) in [4.78, 5) is 22.0. The van der Waals surface area contributed by atoms with E-state index >= 15 is 0 Å². The predicted octanol–water partition coefficient (Wildman–Crippen LogP) is 6.77. The minimum Gasteiger partial charge on any atom is -0.469 e. The molecule has 0 bridgehead atoms. The Morgan fingerprint density at radius 3 is 1.35 bits per heavy atom. The van der Waals surface area contributed by atoms with E-state index in [1.54, 1.807) is 0 Å². The van der Waals surface area contributed by atoms with Crippen molar-refractivity contribution >= 4 is 41.5 Å². The lowest BCUT2D eigenvalue weighted by atomic mass is 9.83. The van der Waals surface area contributed by atoms with Crippen molar-refractivity contribution in [1.29, 1.82) is 0 Å². The van der Waals surface area contributed by atoms with E-state index in [2.05, 4.69) is 9.47 Å². The Kier molecular flexibility index (Phi) is 15.4. The van der Waals surface area contributed by atoms with Crippen LogP contribution in [0.15, 0.2) is 58.3 Å². The van der Waals surface area contributed by atoms with Gasteiger partial charge in [-0.15, -0.1) is 0 Å². The van der Waals surface area contributed by atoms with E-state index in [1.807, 2.05) is 0 Å². The summed E-state index contributed by atoms with van der Waals surface area (Å²) < 4.78 is 129. The summed E-state index contributed by atoms with van der Waals surface area (Å²) in [7, 11) is 0.0712. The molecule has 276 valence electrons. The van der Waals surface area contributed by atoms with Crippen LogP contribution in [0.4, 0.5) is 26.3 Å². The zero-order valence-electron chi connectivity index (χ0n) is 26.6. The molecule has 2 N–H and O–H groups in total. The van der Waals surface area contributed by atoms with E-state index in [1.165, 1.54) is 14.2 Å². The number of nitrogens with two attached hydrogens (primary N) is 1. The summed E-state index contributed by atoms with van der Waals surface area (Å²) in [6.07, 6.45) is -2.95. The normalized spacial score (nSPS) is 21.6. The van der Waals surface area contributed by atoms with Crippen molar-refractivity contribution < 1.29 is 62.2 Å². The highest BCUT2D eigenvalue weighted by Gasteiger charge is 2.33. The van der Waals surface area contributed by atoms with Crippen molar-refractivity contribution in [3.8, 4) is 0 Å². The van der Waals surface area contributed by atoms with Crippen LogP contribution in [0.5, 0.6) is 0 Å². The summed E-state index contributed by atoms with van der Waals surface area (Å²) in [5.74, 6) is -0.652. The van der Waals surface area contributed by atoms with Crippen LogP contribution in [0.25, 0.3) is 0 Å². The van der Waals surface area contributed by atoms with Crippen LogP contribution >= 0.6 is 10.7 Å². The van der Waals surface area contributed by atoms with Crippen molar-refractivity contribution in [2.45, 2.75) is 79.6 Å². The van der Waals surface area contributed by atoms with Crippen LogP contribution in [0.2, 0.25) is 0 Å². The standard InChI is InChI=1S/C16H19F3O4S.C8H15NO2.C7H4ClF3O2S/c1-23-15(20)12-4-2-11(3-5-12)10-24(21,22)14-8-6-13(7-9-14)16(17,18)19;1-11-8(10)6-2-4-7(9)5-3-6;8-14(12,13)6-3-1-5(2-4-6)7(9,10)11/h6-9,11-12H,2-5,10H2,1H3;6-7H,2-5,9H2,1H3;1-4H. The first-order valence-corrected chi connectivity index (χ1v) is 19.0. The maximum absolute atomic E-state index is 12.5. The fourth-order valence-corrected chi connectivity index (χ4v) is 7.78. The Hall–Kier alpha value is -2.89. The zero-order chi connectivity index (χ0) is 37.2. The van der Waals surface area contributed by atoms with Gasteiger partial charge in [-0.1, -0.05) is 0 Å². The molecule has 0 aromatic heterocycles. The maximum atomic E-state index is 12.5. The molecule has 2 aliphatic rings. The van der Waals surface area contributed by atoms with Gasteiger partial charge in [-0.25, -0.2) is 16.8 Å². The molecule has 0 unspecified atom stereocenters. The number of methoxy groups -OCH3 is 2. The molecular formula is C31H38ClF6NO8S2. The summed E-state index contributed by atoms with van der Waals surface area (Å²) >= 11 is 0. The number of hydrogen-bond donors (Lipinski definition) is 1. The van der Waals surface area contributed by atoms with Gasteiger partial charge in [0.05, 0.1) is 52.7 Å². The molecule has 2 saturated carbocycles. The minimum absolute atomic E-state index is 0.0723. The molecule has 0 atom stereocenters. The molecule has 2 aromatic rings. The van der Waals surface area contributed by atoms with Gasteiger partial charge in [0, 0.05) is 16.7 Å². The third-order valence-corrected chi connectivity index (χ3v) is 11.4. The van der Waals surface area contributed by atoms with Crippen molar-refractivity contribution in [2.75, 3.05) is 20.0 Å². The monoisotopic (exact) mass is 765 g/mol. The molecule has 0 radical (unpaired) electrons. The quantitative estimate of drug-likeness (QED) is 0.191. The number of benzene rings is 2.